The zero-order chi connectivity index (χ0) is 46.8. The summed E-state index contributed by atoms with van der Waals surface area (Å²) in [5.74, 6) is 26.6. The molecule has 0 aromatic carbocycles. The summed E-state index contributed by atoms with van der Waals surface area (Å²) in [5, 5.41) is 0. The molecule has 2 heteroatoms. The molecule has 72 heavy (non-hydrogen) atoms. The highest BCUT2D eigenvalue weighted by Gasteiger charge is 2.76. The summed E-state index contributed by atoms with van der Waals surface area (Å²) in [6.45, 7) is 0. The summed E-state index contributed by atoms with van der Waals surface area (Å²) in [5.41, 5.74) is 0. The maximum Gasteiger partial charge on any atom is 0.0170 e. The van der Waals surface area contributed by atoms with Gasteiger partial charge in [-0.3, -0.25) is 9.80 Å². The van der Waals surface area contributed by atoms with Crippen molar-refractivity contribution in [1.29, 1.82) is 0 Å². The molecule has 0 aliphatic heterocycles. The van der Waals surface area contributed by atoms with Crippen LogP contribution in [0, 0.1) is 142 Å². The van der Waals surface area contributed by atoms with Crippen molar-refractivity contribution in [1.82, 2.24) is 9.80 Å². The highest BCUT2D eigenvalue weighted by Crippen LogP contribution is 2.79. The van der Waals surface area contributed by atoms with Crippen molar-refractivity contribution < 1.29 is 0 Å². The van der Waals surface area contributed by atoms with E-state index in [0.29, 0.717) is 0 Å². The topological polar surface area (TPSA) is 6.48 Å². The number of nitrogens with zero attached hydrogens (tertiary/aromatic N) is 2. The van der Waals surface area contributed by atoms with Crippen LogP contribution in [0.5, 0.6) is 0 Å². The summed E-state index contributed by atoms with van der Waals surface area (Å²) >= 11 is 0. The highest BCUT2D eigenvalue weighted by molar-refractivity contribution is 5.26. The van der Waals surface area contributed by atoms with Crippen molar-refractivity contribution in [3.8, 4) is 0 Å². The van der Waals surface area contributed by atoms with Gasteiger partial charge in [0.2, 0.25) is 0 Å². The Bertz CT molecular complexity index is 1650. The van der Waals surface area contributed by atoms with Gasteiger partial charge in [-0.2, -0.15) is 0 Å². The average Bonchev–Trinajstić information content (AvgIpc) is 4.16. The largest absolute Gasteiger partial charge is 0.294 e. The lowest BCUT2D eigenvalue weighted by atomic mass is 9.55. The number of fused-ring (bicyclic) bond motifs is 14. The summed E-state index contributed by atoms with van der Waals surface area (Å²) in [7, 11) is 0. The lowest BCUT2D eigenvalue weighted by Gasteiger charge is -2.63. The molecule has 0 saturated heterocycles. The number of hydrogen-bond donors (Lipinski definition) is 0. The van der Waals surface area contributed by atoms with Gasteiger partial charge in [0.25, 0.3) is 0 Å². The van der Waals surface area contributed by atoms with Crippen LogP contribution >= 0.6 is 0 Å². The second kappa shape index (κ2) is 18.8. The standard InChI is InChI=1S/C70H110N2/c1-5-21-45(22-6-1)71(46-23-7-2-8-24-46)69-65-53-33-29-49-57-37-41-17-13-15-19-43(41)39-59(57)51-31-35-55(63(53)61(49)51)67(65)70(72(47-25-9-3-10-26-47)48-27-11-4-12-28-48)68-56-36-32-52-60-40-44-20-16-14-18-42(44)38-58(60)50-30-34-54(66(68)69)64(56)62(50)52/h41-70H,1-40H2. The Kier molecular flexibility index (Phi) is 12.2. The van der Waals surface area contributed by atoms with Crippen LogP contribution in [0.25, 0.3) is 0 Å². The van der Waals surface area contributed by atoms with Gasteiger partial charge in [0, 0.05) is 36.3 Å². The van der Waals surface area contributed by atoms with E-state index in [1.54, 1.807) is 257 Å². The van der Waals surface area contributed by atoms with Gasteiger partial charge in [-0.25, -0.2) is 0 Å². The van der Waals surface area contributed by atoms with Crippen LogP contribution in [0.4, 0.5) is 0 Å². The smallest absolute Gasteiger partial charge is 0.0170 e. The first-order chi connectivity index (χ1) is 35.8. The van der Waals surface area contributed by atoms with E-state index in [0.717, 1.165) is 178 Å². The molecule has 20 unspecified atom stereocenters. The molecular formula is C70H110N2. The van der Waals surface area contributed by atoms with E-state index in [1.807, 2.05) is 0 Å². The molecule has 0 spiro atoms. The minimum atomic E-state index is 0.923. The zero-order valence-corrected chi connectivity index (χ0v) is 46.5. The van der Waals surface area contributed by atoms with Crippen LogP contribution in [-0.2, 0) is 0 Å². The van der Waals surface area contributed by atoms with Crippen LogP contribution in [0.2, 0.25) is 0 Å². The van der Waals surface area contributed by atoms with E-state index in [-0.39, 0.29) is 0 Å². The molecule has 17 fully saturated rings. The summed E-state index contributed by atoms with van der Waals surface area (Å²) in [4.78, 5) is 7.52. The molecule has 0 radical (unpaired) electrons. The van der Waals surface area contributed by atoms with E-state index in [2.05, 4.69) is 9.80 Å². The van der Waals surface area contributed by atoms with Crippen LogP contribution in [0.15, 0.2) is 0 Å². The molecule has 0 aromatic rings. The Balaban J connectivity index is 0.834. The van der Waals surface area contributed by atoms with Crippen molar-refractivity contribution in [2.24, 2.45) is 142 Å². The molecule has 0 N–H and O–H groups in total. The van der Waals surface area contributed by atoms with E-state index in [9.17, 15) is 0 Å². The van der Waals surface area contributed by atoms with Crippen molar-refractivity contribution >= 4 is 0 Å². The van der Waals surface area contributed by atoms with Crippen molar-refractivity contribution in [2.45, 2.75) is 293 Å². The molecule has 17 rings (SSSR count). The van der Waals surface area contributed by atoms with E-state index < -0.39 is 0 Å². The molecule has 17 aliphatic carbocycles. The third-order valence-electron chi connectivity index (χ3n) is 31.0. The fraction of sp³-hybridized carbons (Fsp3) is 1.00. The molecule has 17 aliphatic rings. The number of rotatable bonds is 6. The third-order valence-corrected chi connectivity index (χ3v) is 31.0. The van der Waals surface area contributed by atoms with E-state index in [1.165, 1.54) is 0 Å². The van der Waals surface area contributed by atoms with E-state index in [4.69, 9.17) is 0 Å². The second-order valence-electron chi connectivity index (χ2n) is 32.5. The number of hydrogen-bond acceptors (Lipinski definition) is 2. The van der Waals surface area contributed by atoms with Crippen molar-refractivity contribution in [3.05, 3.63) is 0 Å². The quantitative estimate of drug-likeness (QED) is 0.262. The molecule has 17 saturated carbocycles. The van der Waals surface area contributed by atoms with Gasteiger partial charge in [0.1, 0.15) is 0 Å². The van der Waals surface area contributed by atoms with Crippen molar-refractivity contribution in [2.75, 3.05) is 0 Å². The Morgan fingerprint density at radius 2 is 0.375 bits per heavy atom. The van der Waals surface area contributed by atoms with Gasteiger partial charge in [-0.1, -0.05) is 128 Å². The minimum Gasteiger partial charge on any atom is -0.294 e. The molecule has 0 amide bonds. The first-order valence-corrected chi connectivity index (χ1v) is 35.3. The fourth-order valence-corrected chi connectivity index (χ4v) is 29.8. The van der Waals surface area contributed by atoms with Crippen LogP contribution in [-0.4, -0.2) is 46.1 Å². The Hall–Kier alpha value is -0.0800. The maximum absolute atomic E-state index is 3.76. The summed E-state index contributed by atoms with van der Waals surface area (Å²) < 4.78 is 0. The Morgan fingerprint density at radius 3 is 0.625 bits per heavy atom. The Morgan fingerprint density at radius 1 is 0.167 bits per heavy atom. The van der Waals surface area contributed by atoms with Gasteiger partial charge < -0.3 is 0 Å². The molecule has 0 bridgehead atoms. The SMILES string of the molecule is C1CCC(N(C2CCCCC2)C2C3C4CCC5C6CC7CCCCC7CC6C6CCC(C4C56)C3C(N(C3CCCCC3)C3CCCCC3)C3C4CCC5C6CC7CCCCC7CC6C6CCC(C4C65)C32)CC1. The van der Waals surface area contributed by atoms with Crippen molar-refractivity contribution in [3.63, 3.8) is 0 Å². The summed E-state index contributed by atoms with van der Waals surface area (Å²) in [6.07, 6.45) is 64.3. The van der Waals surface area contributed by atoms with Crippen LogP contribution in [0.1, 0.15) is 257 Å². The molecule has 20 atom stereocenters. The monoisotopic (exact) mass is 979 g/mol. The maximum atomic E-state index is 3.76. The van der Waals surface area contributed by atoms with Crippen LogP contribution < -0.4 is 0 Å². The second-order valence-corrected chi connectivity index (χ2v) is 32.5. The Labute approximate surface area is 442 Å². The molecule has 400 valence electrons. The summed E-state index contributed by atoms with van der Waals surface area (Å²) in [6, 6.07) is 5.60. The molecule has 0 heterocycles. The fourth-order valence-electron chi connectivity index (χ4n) is 29.8. The first-order valence-electron chi connectivity index (χ1n) is 35.3. The van der Waals surface area contributed by atoms with Gasteiger partial charge in [-0.05, 0) is 270 Å². The highest BCUT2D eigenvalue weighted by atomic mass is 15.3. The first kappa shape index (κ1) is 46.8. The minimum absolute atomic E-state index is 0.923. The molecule has 2 nitrogen and oxygen atoms in total. The normalized spacial score (nSPS) is 56.1. The zero-order valence-electron chi connectivity index (χ0n) is 46.5. The lowest BCUT2D eigenvalue weighted by Crippen LogP contribution is -2.68. The van der Waals surface area contributed by atoms with Gasteiger partial charge in [-0.15, -0.1) is 0 Å². The van der Waals surface area contributed by atoms with Gasteiger partial charge in [0.15, 0.2) is 0 Å². The van der Waals surface area contributed by atoms with Gasteiger partial charge >= 0.3 is 0 Å². The van der Waals surface area contributed by atoms with E-state index >= 15 is 0 Å². The predicted molar refractivity (Wildman–Crippen MR) is 295 cm³/mol. The molecule has 0 aromatic heterocycles. The van der Waals surface area contributed by atoms with Crippen LogP contribution in [0.3, 0.4) is 0 Å². The predicted octanol–water partition coefficient (Wildman–Crippen LogP) is 17.4. The van der Waals surface area contributed by atoms with Gasteiger partial charge in [0.05, 0.1) is 0 Å². The lowest BCUT2D eigenvalue weighted by molar-refractivity contribution is -0.141. The molecular weight excluding hydrogens is 869 g/mol. The third kappa shape index (κ3) is 6.99. The average molecular weight is 980 g/mol.